The quantitative estimate of drug-likeness (QED) is 0.699. The summed E-state index contributed by atoms with van der Waals surface area (Å²) in [5.41, 5.74) is 2.05. The molecule has 3 aromatic carbocycles. The molecule has 0 aliphatic rings. The van der Waals surface area contributed by atoms with Gasteiger partial charge in [0.15, 0.2) is 0 Å². The molecule has 0 aliphatic heterocycles. The van der Waals surface area contributed by atoms with E-state index in [2.05, 4.69) is 4.72 Å². The van der Waals surface area contributed by atoms with Crippen LogP contribution in [0.5, 0.6) is 5.75 Å². The second-order valence-electron chi connectivity index (χ2n) is 6.13. The SMILES string of the molecule is Cc1cc(O)ccc1NS(=O)(=O)c1cccc2c(N(C)C)cccc12. The lowest BCUT2D eigenvalue weighted by Crippen LogP contribution is -2.15. The maximum absolute atomic E-state index is 12.9. The van der Waals surface area contributed by atoms with Crippen LogP contribution in [0.1, 0.15) is 5.56 Å². The molecular weight excluding hydrogens is 336 g/mol. The van der Waals surface area contributed by atoms with E-state index in [-0.39, 0.29) is 10.6 Å². The number of fused-ring (bicyclic) bond motifs is 1. The Labute approximate surface area is 147 Å². The highest BCUT2D eigenvalue weighted by molar-refractivity contribution is 7.93. The van der Waals surface area contributed by atoms with E-state index in [4.69, 9.17) is 0 Å². The van der Waals surface area contributed by atoms with Crippen LogP contribution in [0, 0.1) is 6.92 Å². The van der Waals surface area contributed by atoms with Crippen molar-refractivity contribution in [2.45, 2.75) is 11.8 Å². The highest BCUT2D eigenvalue weighted by atomic mass is 32.2. The van der Waals surface area contributed by atoms with E-state index in [0.717, 1.165) is 11.1 Å². The van der Waals surface area contributed by atoms with E-state index in [0.29, 0.717) is 16.6 Å². The summed E-state index contributed by atoms with van der Waals surface area (Å²) in [6.07, 6.45) is 0. The standard InChI is InChI=1S/C19H20N2O3S/c1-13-12-14(22)10-11-17(13)20-25(23,24)19-9-5-6-15-16(19)7-4-8-18(15)21(2)3/h4-12,20,22H,1-3H3. The van der Waals surface area contributed by atoms with Crippen molar-refractivity contribution in [1.82, 2.24) is 0 Å². The minimum absolute atomic E-state index is 0.0984. The van der Waals surface area contributed by atoms with Gasteiger partial charge in [-0.1, -0.05) is 24.3 Å². The summed E-state index contributed by atoms with van der Waals surface area (Å²) in [4.78, 5) is 2.18. The first-order chi connectivity index (χ1) is 11.8. The molecule has 0 aliphatic carbocycles. The Bertz CT molecular complexity index is 1040. The molecule has 5 nitrogen and oxygen atoms in total. The van der Waals surface area contributed by atoms with Crippen molar-refractivity contribution in [3.63, 3.8) is 0 Å². The number of benzene rings is 3. The molecule has 0 aromatic heterocycles. The molecule has 0 saturated heterocycles. The molecule has 0 unspecified atom stereocenters. The van der Waals surface area contributed by atoms with Gasteiger partial charge in [-0.2, -0.15) is 0 Å². The largest absolute Gasteiger partial charge is 0.508 e. The number of nitrogens with one attached hydrogen (secondary N) is 1. The number of aromatic hydroxyl groups is 1. The Morgan fingerprint density at radius 2 is 1.64 bits per heavy atom. The molecule has 25 heavy (non-hydrogen) atoms. The predicted molar refractivity (Wildman–Crippen MR) is 102 cm³/mol. The third-order valence-electron chi connectivity index (χ3n) is 4.08. The molecule has 0 spiro atoms. The first-order valence-electron chi connectivity index (χ1n) is 7.81. The van der Waals surface area contributed by atoms with E-state index >= 15 is 0 Å². The number of anilines is 2. The summed E-state index contributed by atoms with van der Waals surface area (Å²) in [7, 11) is 0.0813. The van der Waals surface area contributed by atoms with Crippen LogP contribution in [0.2, 0.25) is 0 Å². The molecule has 0 radical (unpaired) electrons. The number of nitrogens with zero attached hydrogens (tertiary/aromatic N) is 1. The Kier molecular flexibility index (Phi) is 4.30. The summed E-state index contributed by atoms with van der Waals surface area (Å²) < 4.78 is 28.5. The van der Waals surface area contributed by atoms with E-state index < -0.39 is 10.0 Å². The summed E-state index contributed by atoms with van der Waals surface area (Å²) in [5, 5.41) is 11.0. The lowest BCUT2D eigenvalue weighted by atomic mass is 10.1. The Hall–Kier alpha value is -2.73. The fourth-order valence-electron chi connectivity index (χ4n) is 2.85. The fourth-order valence-corrected chi connectivity index (χ4v) is 4.20. The average molecular weight is 356 g/mol. The molecule has 3 aromatic rings. The number of rotatable bonds is 4. The second kappa shape index (κ2) is 6.29. The second-order valence-corrected chi connectivity index (χ2v) is 7.78. The van der Waals surface area contributed by atoms with Gasteiger partial charge >= 0.3 is 0 Å². The normalized spacial score (nSPS) is 11.5. The molecule has 6 heteroatoms. The predicted octanol–water partition coefficient (Wildman–Crippen LogP) is 3.72. The zero-order valence-electron chi connectivity index (χ0n) is 14.3. The Morgan fingerprint density at radius 3 is 2.32 bits per heavy atom. The fraction of sp³-hybridized carbons (Fsp3) is 0.158. The van der Waals surface area contributed by atoms with Gasteiger partial charge in [-0.3, -0.25) is 4.72 Å². The highest BCUT2D eigenvalue weighted by Crippen LogP contribution is 2.31. The minimum atomic E-state index is -3.77. The van der Waals surface area contributed by atoms with Gasteiger partial charge in [-0.05, 0) is 42.8 Å². The van der Waals surface area contributed by atoms with E-state index in [1.165, 1.54) is 12.1 Å². The lowest BCUT2D eigenvalue weighted by Gasteiger charge is -2.17. The van der Waals surface area contributed by atoms with Crippen LogP contribution in [-0.4, -0.2) is 27.6 Å². The lowest BCUT2D eigenvalue weighted by molar-refractivity contribution is 0.475. The maximum Gasteiger partial charge on any atom is 0.262 e. The minimum Gasteiger partial charge on any atom is -0.508 e. The summed E-state index contributed by atoms with van der Waals surface area (Å²) in [6, 6.07) is 15.4. The number of hydrogen-bond donors (Lipinski definition) is 2. The molecule has 0 bridgehead atoms. The molecule has 2 N–H and O–H groups in total. The number of aryl methyl sites for hydroxylation is 1. The summed E-state index contributed by atoms with van der Waals surface area (Å²) >= 11 is 0. The van der Waals surface area contributed by atoms with Crippen LogP contribution < -0.4 is 9.62 Å². The summed E-state index contributed by atoms with van der Waals surface area (Å²) in [5.74, 6) is 0.0984. The number of phenols is 1. The molecular formula is C19H20N2O3S. The van der Waals surface area contributed by atoms with Gasteiger partial charge < -0.3 is 10.0 Å². The molecule has 130 valence electrons. The Balaban J connectivity index is 2.13. The zero-order chi connectivity index (χ0) is 18.2. The van der Waals surface area contributed by atoms with Gasteiger partial charge in [0, 0.05) is 30.6 Å². The van der Waals surface area contributed by atoms with E-state index in [9.17, 15) is 13.5 Å². The van der Waals surface area contributed by atoms with Crippen LogP contribution in [0.15, 0.2) is 59.5 Å². The number of hydrogen-bond acceptors (Lipinski definition) is 4. The highest BCUT2D eigenvalue weighted by Gasteiger charge is 2.19. The number of sulfonamides is 1. The maximum atomic E-state index is 12.9. The van der Waals surface area contributed by atoms with Crippen molar-refractivity contribution in [3.8, 4) is 5.75 Å². The molecule has 0 heterocycles. The molecule has 3 rings (SSSR count). The van der Waals surface area contributed by atoms with Crippen molar-refractivity contribution in [3.05, 3.63) is 60.2 Å². The third-order valence-corrected chi connectivity index (χ3v) is 5.51. The first-order valence-corrected chi connectivity index (χ1v) is 9.29. The topological polar surface area (TPSA) is 69.6 Å². The van der Waals surface area contributed by atoms with Crippen LogP contribution in [0.25, 0.3) is 10.8 Å². The first kappa shape index (κ1) is 17.1. The van der Waals surface area contributed by atoms with E-state index in [1.54, 1.807) is 31.2 Å². The van der Waals surface area contributed by atoms with Gasteiger partial charge in [0.05, 0.1) is 10.6 Å². The molecule has 0 atom stereocenters. The van der Waals surface area contributed by atoms with Crippen LogP contribution in [-0.2, 0) is 10.0 Å². The molecule has 0 saturated carbocycles. The molecule has 0 fully saturated rings. The zero-order valence-corrected chi connectivity index (χ0v) is 15.1. The van der Waals surface area contributed by atoms with Gasteiger partial charge in [-0.25, -0.2) is 8.42 Å². The smallest absolute Gasteiger partial charge is 0.262 e. The average Bonchev–Trinajstić information content (AvgIpc) is 2.56. The van der Waals surface area contributed by atoms with Gasteiger partial charge in [0.25, 0.3) is 10.0 Å². The molecule has 0 amide bonds. The van der Waals surface area contributed by atoms with E-state index in [1.807, 2.05) is 37.2 Å². The van der Waals surface area contributed by atoms with Crippen molar-refractivity contribution >= 4 is 32.2 Å². The monoisotopic (exact) mass is 356 g/mol. The van der Waals surface area contributed by atoms with Crippen molar-refractivity contribution < 1.29 is 13.5 Å². The van der Waals surface area contributed by atoms with Crippen LogP contribution in [0.3, 0.4) is 0 Å². The van der Waals surface area contributed by atoms with Crippen molar-refractivity contribution in [2.75, 3.05) is 23.7 Å². The van der Waals surface area contributed by atoms with Crippen LogP contribution >= 0.6 is 0 Å². The Morgan fingerprint density at radius 1 is 0.960 bits per heavy atom. The number of phenolic OH excluding ortho intramolecular Hbond substituents is 1. The van der Waals surface area contributed by atoms with Crippen molar-refractivity contribution in [1.29, 1.82) is 0 Å². The van der Waals surface area contributed by atoms with Gasteiger partial charge in [-0.15, -0.1) is 0 Å². The summed E-state index contributed by atoms with van der Waals surface area (Å²) in [6.45, 7) is 1.74. The van der Waals surface area contributed by atoms with Crippen LogP contribution in [0.4, 0.5) is 11.4 Å². The third kappa shape index (κ3) is 3.25. The van der Waals surface area contributed by atoms with Crippen molar-refractivity contribution in [2.24, 2.45) is 0 Å². The van der Waals surface area contributed by atoms with Gasteiger partial charge in [0.2, 0.25) is 0 Å². The van der Waals surface area contributed by atoms with Gasteiger partial charge in [0.1, 0.15) is 5.75 Å².